The summed E-state index contributed by atoms with van der Waals surface area (Å²) in [5, 5.41) is 4.10. The average Bonchev–Trinajstić information content (AvgIpc) is 3.10. The molecule has 0 atom stereocenters. The van der Waals surface area contributed by atoms with Crippen molar-refractivity contribution in [3.8, 4) is 5.75 Å². The molecule has 0 saturated heterocycles. The van der Waals surface area contributed by atoms with Gasteiger partial charge in [0.05, 0.1) is 29.5 Å². The third kappa shape index (κ3) is 3.41. The van der Waals surface area contributed by atoms with Crippen molar-refractivity contribution in [2.75, 3.05) is 13.7 Å². The minimum Gasteiger partial charge on any atom is -0.497 e. The van der Waals surface area contributed by atoms with E-state index in [0.29, 0.717) is 12.1 Å². The summed E-state index contributed by atoms with van der Waals surface area (Å²) in [4.78, 5) is 24.8. The number of hydrogen-bond donors (Lipinski definition) is 2. The first-order chi connectivity index (χ1) is 13.5. The minimum absolute atomic E-state index is 0.112. The number of hydrogen-bond acceptors (Lipinski definition) is 4. The Bertz CT molecular complexity index is 1180. The Labute approximate surface area is 163 Å². The first kappa shape index (κ1) is 18.0. The Morgan fingerprint density at radius 2 is 1.86 bits per heavy atom. The fourth-order valence-corrected chi connectivity index (χ4v) is 3.28. The van der Waals surface area contributed by atoms with E-state index in [-0.39, 0.29) is 5.91 Å². The predicted octanol–water partition coefficient (Wildman–Crippen LogP) is 3.71. The molecule has 142 valence electrons. The largest absolute Gasteiger partial charge is 0.497 e. The Morgan fingerprint density at radius 3 is 2.64 bits per heavy atom. The van der Waals surface area contributed by atoms with Gasteiger partial charge in [0.1, 0.15) is 5.75 Å². The molecule has 0 bridgehead atoms. The van der Waals surface area contributed by atoms with Crippen molar-refractivity contribution < 1.29 is 9.53 Å². The topological polar surface area (TPSA) is 79.9 Å². The van der Waals surface area contributed by atoms with E-state index in [1.807, 2.05) is 44.3 Å². The SMILES string of the molecule is COc1ccc2[nH]cc(CCNC(=O)c3ccc4nc(C)c(C)nc4c3)c2c1. The summed E-state index contributed by atoms with van der Waals surface area (Å²) in [6, 6.07) is 11.4. The zero-order chi connectivity index (χ0) is 19.7. The van der Waals surface area contributed by atoms with Gasteiger partial charge in [-0.15, -0.1) is 0 Å². The lowest BCUT2D eigenvalue weighted by atomic mass is 10.1. The molecule has 2 heterocycles. The maximum absolute atomic E-state index is 12.5. The van der Waals surface area contributed by atoms with Crippen LogP contribution in [0.3, 0.4) is 0 Å². The molecule has 0 aliphatic rings. The maximum Gasteiger partial charge on any atom is 0.251 e. The molecule has 2 N–H and O–H groups in total. The van der Waals surface area contributed by atoms with Crippen LogP contribution >= 0.6 is 0 Å². The van der Waals surface area contributed by atoms with Gasteiger partial charge in [0.2, 0.25) is 0 Å². The van der Waals surface area contributed by atoms with Crippen molar-refractivity contribution in [1.29, 1.82) is 0 Å². The molecule has 0 aliphatic carbocycles. The number of H-pyrrole nitrogens is 1. The summed E-state index contributed by atoms with van der Waals surface area (Å²) < 4.78 is 5.30. The van der Waals surface area contributed by atoms with Crippen LogP contribution in [0.4, 0.5) is 0 Å². The molecule has 1 amide bonds. The second kappa shape index (κ2) is 7.31. The van der Waals surface area contributed by atoms with E-state index >= 15 is 0 Å². The number of fused-ring (bicyclic) bond motifs is 2. The Morgan fingerprint density at radius 1 is 1.07 bits per heavy atom. The van der Waals surface area contributed by atoms with Gasteiger partial charge in [-0.25, -0.2) is 9.97 Å². The van der Waals surface area contributed by atoms with Crippen LogP contribution in [-0.2, 0) is 6.42 Å². The fourth-order valence-electron chi connectivity index (χ4n) is 3.28. The van der Waals surface area contributed by atoms with E-state index in [4.69, 9.17) is 4.74 Å². The average molecular weight is 374 g/mol. The molecular formula is C22H22N4O2. The molecule has 2 aromatic carbocycles. The quantitative estimate of drug-likeness (QED) is 0.558. The first-order valence-electron chi connectivity index (χ1n) is 9.22. The Kier molecular flexibility index (Phi) is 4.69. The zero-order valence-electron chi connectivity index (χ0n) is 16.2. The molecule has 0 unspecified atom stereocenters. The van der Waals surface area contributed by atoms with Crippen molar-refractivity contribution in [1.82, 2.24) is 20.3 Å². The highest BCUT2D eigenvalue weighted by Crippen LogP contribution is 2.23. The molecule has 4 aromatic rings. The molecule has 0 saturated carbocycles. The molecule has 0 radical (unpaired) electrons. The van der Waals surface area contributed by atoms with Gasteiger partial charge in [0.15, 0.2) is 0 Å². The van der Waals surface area contributed by atoms with E-state index in [2.05, 4.69) is 20.3 Å². The molecule has 0 aliphatic heterocycles. The third-order valence-electron chi connectivity index (χ3n) is 4.99. The summed E-state index contributed by atoms with van der Waals surface area (Å²) >= 11 is 0. The van der Waals surface area contributed by atoms with Crippen LogP contribution in [-0.4, -0.2) is 34.5 Å². The number of benzene rings is 2. The van der Waals surface area contributed by atoms with Crippen LogP contribution in [0, 0.1) is 13.8 Å². The lowest BCUT2D eigenvalue weighted by Crippen LogP contribution is -2.25. The van der Waals surface area contributed by atoms with E-state index in [1.54, 1.807) is 19.2 Å². The number of aryl methyl sites for hydroxylation is 2. The molecule has 0 spiro atoms. The lowest BCUT2D eigenvalue weighted by molar-refractivity contribution is 0.0954. The van der Waals surface area contributed by atoms with E-state index in [0.717, 1.165) is 51.1 Å². The number of ether oxygens (including phenoxy) is 1. The van der Waals surface area contributed by atoms with Crippen molar-refractivity contribution in [3.05, 3.63) is 65.1 Å². The number of nitrogens with one attached hydrogen (secondary N) is 2. The number of aromatic amines is 1. The minimum atomic E-state index is -0.112. The maximum atomic E-state index is 12.5. The van der Waals surface area contributed by atoms with Crippen molar-refractivity contribution in [3.63, 3.8) is 0 Å². The van der Waals surface area contributed by atoms with Gasteiger partial charge in [-0.3, -0.25) is 4.79 Å². The van der Waals surface area contributed by atoms with Crippen molar-refractivity contribution in [2.24, 2.45) is 0 Å². The van der Waals surface area contributed by atoms with Crippen LogP contribution < -0.4 is 10.1 Å². The molecule has 6 heteroatoms. The summed E-state index contributed by atoms with van der Waals surface area (Å²) in [6.45, 7) is 4.40. The van der Waals surface area contributed by atoms with Gasteiger partial charge in [-0.2, -0.15) is 0 Å². The van der Waals surface area contributed by atoms with E-state index < -0.39 is 0 Å². The number of carbonyl (C=O) groups is 1. The lowest BCUT2D eigenvalue weighted by Gasteiger charge is -2.07. The van der Waals surface area contributed by atoms with Gasteiger partial charge in [-0.05, 0) is 62.2 Å². The molecule has 2 aromatic heterocycles. The Hall–Kier alpha value is -3.41. The van der Waals surface area contributed by atoms with Crippen LogP contribution in [0.25, 0.3) is 21.9 Å². The van der Waals surface area contributed by atoms with Crippen LogP contribution in [0.5, 0.6) is 5.75 Å². The highest BCUT2D eigenvalue weighted by Gasteiger charge is 2.10. The summed E-state index contributed by atoms with van der Waals surface area (Å²) in [5.41, 5.74) is 6.10. The number of amides is 1. The first-order valence-corrected chi connectivity index (χ1v) is 9.22. The molecular weight excluding hydrogens is 352 g/mol. The number of aromatic nitrogens is 3. The summed E-state index contributed by atoms with van der Waals surface area (Å²) in [5.74, 6) is 0.708. The van der Waals surface area contributed by atoms with Crippen molar-refractivity contribution >= 4 is 27.8 Å². The number of carbonyl (C=O) groups excluding carboxylic acids is 1. The highest BCUT2D eigenvalue weighted by molar-refractivity contribution is 5.97. The molecule has 6 nitrogen and oxygen atoms in total. The number of rotatable bonds is 5. The van der Waals surface area contributed by atoms with Gasteiger partial charge >= 0.3 is 0 Å². The predicted molar refractivity (Wildman–Crippen MR) is 110 cm³/mol. The number of nitrogens with zero attached hydrogens (tertiary/aromatic N) is 2. The smallest absolute Gasteiger partial charge is 0.251 e. The van der Waals surface area contributed by atoms with E-state index in [1.165, 1.54) is 0 Å². The molecule has 28 heavy (non-hydrogen) atoms. The number of methoxy groups -OCH3 is 1. The van der Waals surface area contributed by atoms with Crippen LogP contribution in [0.15, 0.2) is 42.6 Å². The monoisotopic (exact) mass is 374 g/mol. The second-order valence-corrected chi connectivity index (χ2v) is 6.83. The van der Waals surface area contributed by atoms with Gasteiger partial charge < -0.3 is 15.0 Å². The Balaban J connectivity index is 1.46. The third-order valence-corrected chi connectivity index (χ3v) is 4.99. The van der Waals surface area contributed by atoms with Gasteiger partial charge in [0.25, 0.3) is 5.91 Å². The highest BCUT2D eigenvalue weighted by atomic mass is 16.5. The van der Waals surface area contributed by atoms with Crippen LogP contribution in [0.2, 0.25) is 0 Å². The standard InChI is InChI=1S/C22H22N4O2/c1-13-14(2)26-21-10-15(4-6-20(21)25-13)22(27)23-9-8-16-12-24-19-7-5-17(28-3)11-18(16)19/h4-7,10-12,24H,8-9H2,1-3H3,(H,23,27). The normalized spacial score (nSPS) is 11.1. The summed E-state index contributed by atoms with van der Waals surface area (Å²) in [6.07, 6.45) is 2.71. The molecule has 0 fully saturated rings. The van der Waals surface area contributed by atoms with Gasteiger partial charge in [0, 0.05) is 29.2 Å². The van der Waals surface area contributed by atoms with E-state index in [9.17, 15) is 4.79 Å². The fraction of sp³-hybridized carbons (Fsp3) is 0.227. The summed E-state index contributed by atoms with van der Waals surface area (Å²) in [7, 11) is 1.66. The van der Waals surface area contributed by atoms with Gasteiger partial charge in [-0.1, -0.05) is 0 Å². The van der Waals surface area contributed by atoms with Crippen LogP contribution in [0.1, 0.15) is 27.3 Å². The van der Waals surface area contributed by atoms with Crippen molar-refractivity contribution in [2.45, 2.75) is 20.3 Å². The second-order valence-electron chi connectivity index (χ2n) is 6.83. The molecule has 4 rings (SSSR count). The zero-order valence-corrected chi connectivity index (χ0v) is 16.2.